The molecule has 3 aromatic rings. The molecule has 2 aromatic heterocycles. The number of alkyl halides is 3. The summed E-state index contributed by atoms with van der Waals surface area (Å²) in [6.07, 6.45) is -2.31. The lowest BCUT2D eigenvalue weighted by atomic mass is 9.99. The first-order valence-corrected chi connectivity index (χ1v) is 9.44. The minimum Gasteiger partial charge on any atom is -0.352 e. The normalized spacial score (nSPS) is 17.6. The van der Waals surface area contributed by atoms with Gasteiger partial charge >= 0.3 is 6.18 Å². The van der Waals surface area contributed by atoms with Crippen molar-refractivity contribution in [3.8, 4) is 11.5 Å². The number of carbonyl (C=O) groups is 1. The number of nitrogens with one attached hydrogen (secondary N) is 4. The quantitative estimate of drug-likeness (QED) is 0.535. The van der Waals surface area contributed by atoms with Gasteiger partial charge in [0.05, 0.1) is 22.2 Å². The third-order valence-electron chi connectivity index (χ3n) is 5.16. The first-order valence-electron chi connectivity index (χ1n) is 9.44. The fourth-order valence-corrected chi connectivity index (χ4v) is 3.60. The second-order valence-electron chi connectivity index (χ2n) is 7.31. The summed E-state index contributed by atoms with van der Waals surface area (Å²) in [5.41, 5.74) is 1.02. The number of H-pyrrole nitrogens is 2. The summed E-state index contributed by atoms with van der Waals surface area (Å²) in [5.74, 6) is 0.330. The number of rotatable bonds is 4. The minimum atomic E-state index is -4.44. The van der Waals surface area contributed by atoms with Crippen molar-refractivity contribution in [2.45, 2.75) is 25.9 Å². The Labute approximate surface area is 164 Å². The molecule has 1 fully saturated rings. The maximum atomic E-state index is 12.9. The van der Waals surface area contributed by atoms with Gasteiger partial charge in [0.25, 0.3) is 5.91 Å². The van der Waals surface area contributed by atoms with Gasteiger partial charge in [-0.3, -0.25) is 9.89 Å². The number of aromatic nitrogens is 4. The molecule has 1 atom stereocenters. The van der Waals surface area contributed by atoms with Crippen LogP contribution in [0.2, 0.25) is 0 Å². The van der Waals surface area contributed by atoms with Crippen molar-refractivity contribution in [2.75, 3.05) is 19.6 Å². The highest BCUT2D eigenvalue weighted by atomic mass is 19.4. The van der Waals surface area contributed by atoms with E-state index in [-0.39, 0.29) is 22.9 Å². The number of nitrogens with zero attached hydrogens (tertiary/aromatic N) is 2. The largest absolute Gasteiger partial charge is 0.416 e. The summed E-state index contributed by atoms with van der Waals surface area (Å²) in [5, 5.41) is 13.2. The maximum absolute atomic E-state index is 12.9. The number of aromatic amines is 2. The molecule has 4 rings (SSSR count). The predicted molar refractivity (Wildman–Crippen MR) is 101 cm³/mol. The highest BCUT2D eigenvalue weighted by Gasteiger charge is 2.31. The maximum Gasteiger partial charge on any atom is 0.416 e. The average molecular weight is 406 g/mol. The Balaban J connectivity index is 1.60. The van der Waals surface area contributed by atoms with E-state index in [1.54, 1.807) is 6.92 Å². The van der Waals surface area contributed by atoms with Crippen LogP contribution in [0.3, 0.4) is 0 Å². The Morgan fingerprint density at radius 3 is 2.90 bits per heavy atom. The second kappa shape index (κ2) is 7.51. The third-order valence-corrected chi connectivity index (χ3v) is 5.16. The zero-order valence-corrected chi connectivity index (χ0v) is 15.8. The molecule has 0 radical (unpaired) electrons. The Hall–Kier alpha value is -2.88. The number of aryl methyl sites for hydroxylation is 1. The smallest absolute Gasteiger partial charge is 0.352 e. The number of fused-ring (bicyclic) bond motifs is 1. The summed E-state index contributed by atoms with van der Waals surface area (Å²) in [4.78, 5) is 20.0. The van der Waals surface area contributed by atoms with Gasteiger partial charge in [-0.2, -0.15) is 18.3 Å². The zero-order chi connectivity index (χ0) is 20.6. The molecule has 0 aliphatic carbocycles. The van der Waals surface area contributed by atoms with Crippen LogP contribution in [0.5, 0.6) is 0 Å². The van der Waals surface area contributed by atoms with Gasteiger partial charge in [-0.25, -0.2) is 4.98 Å². The van der Waals surface area contributed by atoms with Crippen LogP contribution in [0.25, 0.3) is 22.6 Å². The van der Waals surface area contributed by atoms with E-state index in [1.165, 1.54) is 6.07 Å². The Kier molecular flexibility index (Phi) is 5.03. The highest BCUT2D eigenvalue weighted by molar-refractivity contribution is 6.00. The first kappa shape index (κ1) is 19.4. The van der Waals surface area contributed by atoms with Gasteiger partial charge in [0.2, 0.25) is 0 Å². The molecule has 0 spiro atoms. The van der Waals surface area contributed by atoms with Gasteiger partial charge in [0, 0.05) is 12.2 Å². The van der Waals surface area contributed by atoms with Crippen LogP contribution < -0.4 is 10.6 Å². The molecular formula is C19H21F3N6O. The number of imidazole rings is 1. The van der Waals surface area contributed by atoms with Crippen molar-refractivity contribution in [1.82, 2.24) is 30.8 Å². The Morgan fingerprint density at radius 2 is 2.17 bits per heavy atom. The van der Waals surface area contributed by atoms with E-state index >= 15 is 0 Å². The number of halogens is 3. The van der Waals surface area contributed by atoms with Gasteiger partial charge < -0.3 is 15.6 Å². The molecule has 3 heterocycles. The lowest BCUT2D eigenvalue weighted by molar-refractivity contribution is -0.137. The lowest BCUT2D eigenvalue weighted by Crippen LogP contribution is -2.38. The van der Waals surface area contributed by atoms with Crippen molar-refractivity contribution in [3.05, 3.63) is 35.0 Å². The van der Waals surface area contributed by atoms with Crippen molar-refractivity contribution in [1.29, 1.82) is 0 Å². The van der Waals surface area contributed by atoms with E-state index in [2.05, 4.69) is 30.8 Å². The Morgan fingerprint density at radius 1 is 1.34 bits per heavy atom. The number of hydrogen-bond acceptors (Lipinski definition) is 4. The van der Waals surface area contributed by atoms with Crippen molar-refractivity contribution < 1.29 is 18.0 Å². The molecule has 154 valence electrons. The van der Waals surface area contributed by atoms with Gasteiger partial charge in [-0.1, -0.05) is 0 Å². The van der Waals surface area contributed by atoms with E-state index < -0.39 is 11.7 Å². The van der Waals surface area contributed by atoms with E-state index in [4.69, 9.17) is 0 Å². The van der Waals surface area contributed by atoms with Gasteiger partial charge in [0.1, 0.15) is 5.69 Å². The van der Waals surface area contributed by atoms with Crippen molar-refractivity contribution in [3.63, 3.8) is 0 Å². The van der Waals surface area contributed by atoms with Crippen LogP contribution in [-0.2, 0) is 6.18 Å². The van der Waals surface area contributed by atoms with Gasteiger partial charge in [-0.15, -0.1) is 0 Å². The van der Waals surface area contributed by atoms with Crippen LogP contribution >= 0.6 is 0 Å². The molecule has 7 nitrogen and oxygen atoms in total. The molecule has 29 heavy (non-hydrogen) atoms. The molecule has 1 unspecified atom stereocenters. The van der Waals surface area contributed by atoms with Gasteiger partial charge in [-0.05, 0) is 57.0 Å². The SMILES string of the molecule is Cc1[nH]nc(-c2nc3ccc(C(F)(F)F)cc3[nH]2)c1C(=O)NCC1CCCNC1. The fraction of sp³-hybridized carbons (Fsp3) is 0.421. The lowest BCUT2D eigenvalue weighted by Gasteiger charge is -2.22. The number of amides is 1. The van der Waals surface area contributed by atoms with E-state index in [1.807, 2.05) is 0 Å². The summed E-state index contributed by atoms with van der Waals surface area (Å²) < 4.78 is 38.8. The summed E-state index contributed by atoms with van der Waals surface area (Å²) in [6, 6.07) is 3.28. The predicted octanol–water partition coefficient (Wildman–Crippen LogP) is 3.01. The fourth-order valence-electron chi connectivity index (χ4n) is 3.60. The van der Waals surface area contributed by atoms with Crippen LogP contribution in [0.4, 0.5) is 13.2 Å². The Bertz CT molecular complexity index is 1030. The molecule has 4 N–H and O–H groups in total. The van der Waals surface area contributed by atoms with Crippen LogP contribution in [0, 0.1) is 12.8 Å². The summed E-state index contributed by atoms with van der Waals surface area (Å²) in [6.45, 7) is 4.13. The molecule has 1 aliphatic rings. The molecule has 0 bridgehead atoms. The third kappa shape index (κ3) is 3.98. The average Bonchev–Trinajstić information content (AvgIpc) is 3.28. The summed E-state index contributed by atoms with van der Waals surface area (Å²) in [7, 11) is 0. The number of benzene rings is 1. The molecule has 1 amide bonds. The summed E-state index contributed by atoms with van der Waals surface area (Å²) >= 11 is 0. The van der Waals surface area contributed by atoms with E-state index in [0.29, 0.717) is 29.2 Å². The van der Waals surface area contributed by atoms with Crippen molar-refractivity contribution >= 4 is 16.9 Å². The molecule has 1 saturated heterocycles. The number of piperidine rings is 1. The van der Waals surface area contributed by atoms with Gasteiger partial charge in [0.15, 0.2) is 5.82 Å². The first-order chi connectivity index (χ1) is 13.8. The molecule has 1 aliphatic heterocycles. The topological polar surface area (TPSA) is 98.5 Å². The molecule has 0 saturated carbocycles. The minimum absolute atomic E-state index is 0.232. The van der Waals surface area contributed by atoms with E-state index in [9.17, 15) is 18.0 Å². The molecule has 1 aromatic carbocycles. The van der Waals surface area contributed by atoms with Crippen molar-refractivity contribution in [2.24, 2.45) is 5.92 Å². The molecular weight excluding hydrogens is 385 g/mol. The standard InChI is InChI=1S/C19H21F3N6O/c1-10-15(18(29)24-9-11-3-2-6-23-8-11)16(28-27-10)17-25-13-5-4-12(19(20,21)22)7-14(13)26-17/h4-5,7,11,23H,2-3,6,8-9H2,1H3,(H,24,29)(H,25,26)(H,27,28). The highest BCUT2D eigenvalue weighted by Crippen LogP contribution is 2.32. The molecule has 10 heteroatoms. The van der Waals surface area contributed by atoms with Crippen LogP contribution in [0.15, 0.2) is 18.2 Å². The number of carbonyl (C=O) groups excluding carboxylic acids is 1. The van der Waals surface area contributed by atoms with Crippen LogP contribution in [0.1, 0.15) is 34.5 Å². The number of hydrogen-bond donors (Lipinski definition) is 4. The monoisotopic (exact) mass is 406 g/mol. The van der Waals surface area contributed by atoms with E-state index in [0.717, 1.165) is 38.1 Å². The second-order valence-corrected chi connectivity index (χ2v) is 7.31. The zero-order valence-electron chi connectivity index (χ0n) is 15.8. The van der Waals surface area contributed by atoms with Crippen LogP contribution in [-0.4, -0.2) is 45.7 Å².